The number of pyridine rings is 1. The summed E-state index contributed by atoms with van der Waals surface area (Å²) in [5, 5.41) is 1.02. The summed E-state index contributed by atoms with van der Waals surface area (Å²) in [6.45, 7) is 4.63. The van der Waals surface area contributed by atoms with Crippen LogP contribution >= 0.6 is 11.3 Å². The number of rotatable bonds is 7. The van der Waals surface area contributed by atoms with Crippen LogP contribution < -0.4 is 9.64 Å². The summed E-state index contributed by atoms with van der Waals surface area (Å²) in [6, 6.07) is 8.06. The smallest absolute Gasteiger partial charge is 0.265 e. The molecule has 8 nitrogen and oxygen atoms in total. The lowest BCUT2D eigenvalue weighted by atomic mass is 10.1. The predicted molar refractivity (Wildman–Crippen MR) is 127 cm³/mol. The molecule has 0 radical (unpaired) electrons. The number of anilines is 1. The monoisotopic (exact) mass is 468 g/mol. The average Bonchev–Trinajstić information content (AvgIpc) is 3.58. The Morgan fingerprint density at radius 1 is 1.27 bits per heavy atom. The molecular weight excluding hydrogens is 440 g/mol. The van der Waals surface area contributed by atoms with Crippen LogP contribution in [0.15, 0.2) is 36.0 Å². The van der Waals surface area contributed by atoms with Gasteiger partial charge in [-0.15, -0.1) is 11.3 Å². The molecule has 2 saturated heterocycles. The molecule has 2 aliphatic heterocycles. The lowest BCUT2D eigenvalue weighted by Crippen LogP contribution is -2.39. The van der Waals surface area contributed by atoms with Crippen LogP contribution in [0.3, 0.4) is 0 Å². The van der Waals surface area contributed by atoms with E-state index < -0.39 is 0 Å². The van der Waals surface area contributed by atoms with Crippen LogP contribution in [0, 0.1) is 0 Å². The van der Waals surface area contributed by atoms with Gasteiger partial charge in [0.1, 0.15) is 16.4 Å². The molecule has 0 N–H and O–H groups in total. The van der Waals surface area contributed by atoms with Crippen molar-refractivity contribution < 1.29 is 19.0 Å². The van der Waals surface area contributed by atoms with Crippen molar-refractivity contribution in [2.24, 2.45) is 0 Å². The lowest BCUT2D eigenvalue weighted by molar-refractivity contribution is 0.0510. The fourth-order valence-electron chi connectivity index (χ4n) is 4.41. The van der Waals surface area contributed by atoms with E-state index in [1.165, 1.54) is 11.3 Å². The van der Waals surface area contributed by atoms with E-state index in [9.17, 15) is 4.79 Å². The topological polar surface area (TPSA) is 77.0 Å². The number of thiazole rings is 1. The van der Waals surface area contributed by atoms with Gasteiger partial charge in [0.25, 0.3) is 5.91 Å². The number of methoxy groups -OCH3 is 1. The third kappa shape index (κ3) is 4.95. The first-order chi connectivity index (χ1) is 16.2. The largest absolute Gasteiger partial charge is 0.497 e. The summed E-state index contributed by atoms with van der Waals surface area (Å²) in [6.07, 6.45) is 3.71. The predicted octanol–water partition coefficient (Wildman–Crippen LogP) is 3.36. The summed E-state index contributed by atoms with van der Waals surface area (Å²) in [5.41, 5.74) is 3.59. The van der Waals surface area contributed by atoms with Gasteiger partial charge < -0.3 is 24.0 Å². The molecular formula is C24H28N4O4S. The quantitative estimate of drug-likeness (QED) is 0.526. The standard InChI is InChI=1S/C24H28N4O4S/c1-30-19-5-4-17-11-18(23(26-21(17)12-19)27-6-9-31-10-7-27)14-28(15-20-3-2-8-32-20)24(29)22-13-25-16-33-22/h4-5,11-13,16,20H,2-3,6-10,14-15H2,1H3/t20-/m1/s1. The number of carbonyl (C=O) groups excluding carboxylic acids is 1. The maximum absolute atomic E-state index is 13.4. The van der Waals surface area contributed by atoms with Gasteiger partial charge in [-0.3, -0.25) is 9.78 Å². The Kier molecular flexibility index (Phi) is 6.70. The Morgan fingerprint density at radius 3 is 2.88 bits per heavy atom. The molecule has 1 aromatic carbocycles. The lowest BCUT2D eigenvalue weighted by Gasteiger charge is -2.32. The number of morpholine rings is 1. The van der Waals surface area contributed by atoms with E-state index in [2.05, 4.69) is 16.0 Å². The maximum atomic E-state index is 13.4. The minimum Gasteiger partial charge on any atom is -0.497 e. The van der Waals surface area contributed by atoms with Gasteiger partial charge in [0.15, 0.2) is 0 Å². The summed E-state index contributed by atoms with van der Waals surface area (Å²) in [4.78, 5) is 27.3. The van der Waals surface area contributed by atoms with E-state index in [-0.39, 0.29) is 12.0 Å². The molecule has 174 valence electrons. The van der Waals surface area contributed by atoms with E-state index in [0.717, 1.165) is 60.6 Å². The van der Waals surface area contributed by atoms with Crippen LogP contribution in [0.5, 0.6) is 5.75 Å². The number of ether oxygens (including phenoxy) is 3. The minimum atomic E-state index is -0.0178. The van der Waals surface area contributed by atoms with Gasteiger partial charge in [-0.25, -0.2) is 4.98 Å². The molecule has 4 heterocycles. The minimum absolute atomic E-state index is 0.0178. The summed E-state index contributed by atoms with van der Waals surface area (Å²) < 4.78 is 16.8. The van der Waals surface area contributed by atoms with Gasteiger partial charge in [-0.1, -0.05) is 0 Å². The zero-order valence-electron chi connectivity index (χ0n) is 18.7. The zero-order chi connectivity index (χ0) is 22.6. The van der Waals surface area contributed by atoms with Gasteiger partial charge >= 0.3 is 0 Å². The highest BCUT2D eigenvalue weighted by Gasteiger charge is 2.27. The number of nitrogens with zero attached hydrogens (tertiary/aromatic N) is 4. The maximum Gasteiger partial charge on any atom is 0.265 e. The Hall–Kier alpha value is -2.75. The fourth-order valence-corrected chi connectivity index (χ4v) is 5.00. The van der Waals surface area contributed by atoms with Crippen molar-refractivity contribution in [1.29, 1.82) is 0 Å². The summed E-state index contributed by atoms with van der Waals surface area (Å²) >= 11 is 1.37. The first-order valence-electron chi connectivity index (χ1n) is 11.3. The van der Waals surface area contributed by atoms with Gasteiger partial charge in [0, 0.05) is 49.8 Å². The van der Waals surface area contributed by atoms with Crippen molar-refractivity contribution in [1.82, 2.24) is 14.9 Å². The second-order valence-electron chi connectivity index (χ2n) is 8.32. The molecule has 0 unspecified atom stereocenters. The highest BCUT2D eigenvalue weighted by molar-refractivity contribution is 7.11. The number of fused-ring (bicyclic) bond motifs is 1. The van der Waals surface area contributed by atoms with Crippen molar-refractivity contribution in [3.63, 3.8) is 0 Å². The van der Waals surface area contributed by atoms with E-state index in [1.807, 2.05) is 23.1 Å². The molecule has 2 fully saturated rings. The molecule has 0 saturated carbocycles. The Bertz CT molecular complexity index is 1100. The molecule has 0 bridgehead atoms. The molecule has 5 rings (SSSR count). The normalized spacial score (nSPS) is 18.6. The number of amides is 1. The Morgan fingerprint density at radius 2 is 2.15 bits per heavy atom. The van der Waals surface area contributed by atoms with Crippen molar-refractivity contribution >= 4 is 34.0 Å². The molecule has 1 amide bonds. The number of benzene rings is 1. The van der Waals surface area contributed by atoms with Gasteiger partial charge in [0.2, 0.25) is 0 Å². The molecule has 2 aliphatic rings. The van der Waals surface area contributed by atoms with Crippen molar-refractivity contribution in [2.75, 3.05) is 51.5 Å². The third-order valence-electron chi connectivity index (χ3n) is 6.13. The second kappa shape index (κ2) is 10.0. The molecule has 1 atom stereocenters. The Labute approximate surface area is 197 Å². The first-order valence-corrected chi connectivity index (χ1v) is 12.2. The van der Waals surface area contributed by atoms with E-state index in [4.69, 9.17) is 19.2 Å². The van der Waals surface area contributed by atoms with E-state index in [1.54, 1.807) is 18.8 Å². The van der Waals surface area contributed by atoms with Crippen LogP contribution in [0.1, 0.15) is 28.1 Å². The van der Waals surface area contributed by atoms with Crippen molar-refractivity contribution in [3.05, 3.63) is 46.4 Å². The number of aromatic nitrogens is 2. The molecule has 0 spiro atoms. The van der Waals surface area contributed by atoms with Gasteiger partial charge in [0.05, 0.1) is 43.7 Å². The molecule has 3 aromatic rings. The first kappa shape index (κ1) is 22.1. The molecule has 33 heavy (non-hydrogen) atoms. The molecule has 0 aliphatic carbocycles. The fraction of sp³-hybridized carbons (Fsp3) is 0.458. The molecule has 2 aromatic heterocycles. The summed E-state index contributed by atoms with van der Waals surface area (Å²) in [5.74, 6) is 1.65. The van der Waals surface area contributed by atoms with Crippen LogP contribution in [0.4, 0.5) is 5.82 Å². The van der Waals surface area contributed by atoms with Crippen LogP contribution in [0.25, 0.3) is 10.9 Å². The molecule has 9 heteroatoms. The van der Waals surface area contributed by atoms with Crippen LogP contribution in [-0.2, 0) is 16.0 Å². The highest BCUT2D eigenvalue weighted by Crippen LogP contribution is 2.29. The van der Waals surface area contributed by atoms with Gasteiger partial charge in [-0.05, 0) is 31.0 Å². The van der Waals surface area contributed by atoms with E-state index >= 15 is 0 Å². The van der Waals surface area contributed by atoms with E-state index in [0.29, 0.717) is 31.2 Å². The summed E-state index contributed by atoms with van der Waals surface area (Å²) in [7, 11) is 1.66. The average molecular weight is 469 g/mol. The zero-order valence-corrected chi connectivity index (χ0v) is 19.6. The van der Waals surface area contributed by atoms with Crippen molar-refractivity contribution in [2.45, 2.75) is 25.5 Å². The number of hydrogen-bond acceptors (Lipinski definition) is 8. The number of hydrogen-bond donors (Lipinski definition) is 0. The van der Waals surface area contributed by atoms with Crippen LogP contribution in [0.2, 0.25) is 0 Å². The van der Waals surface area contributed by atoms with Gasteiger partial charge in [-0.2, -0.15) is 0 Å². The number of carbonyl (C=O) groups is 1. The third-order valence-corrected chi connectivity index (χ3v) is 6.89. The SMILES string of the molecule is COc1ccc2cc(CN(C[C@H]3CCCO3)C(=O)c3cncs3)c(N3CCOCC3)nc2c1. The second-order valence-corrected chi connectivity index (χ2v) is 9.20. The van der Waals surface area contributed by atoms with Crippen LogP contribution in [-0.4, -0.2) is 73.4 Å². The highest BCUT2D eigenvalue weighted by atomic mass is 32.1. The Balaban J connectivity index is 1.52. The van der Waals surface area contributed by atoms with Crippen molar-refractivity contribution in [3.8, 4) is 5.75 Å².